The summed E-state index contributed by atoms with van der Waals surface area (Å²) < 4.78 is 13.8. The van der Waals surface area contributed by atoms with Crippen molar-refractivity contribution >= 4 is 153 Å². The summed E-state index contributed by atoms with van der Waals surface area (Å²) in [6, 6.07) is 130. The Labute approximate surface area is 617 Å². The van der Waals surface area contributed by atoms with Crippen LogP contribution in [0.1, 0.15) is 0 Å². The van der Waals surface area contributed by atoms with Gasteiger partial charge in [-0.25, -0.2) is 19.9 Å². The van der Waals surface area contributed by atoms with Crippen molar-refractivity contribution in [3.8, 4) is 56.7 Å². The molecule has 0 N–H and O–H groups in total. The van der Waals surface area contributed by atoms with Gasteiger partial charge in [0.15, 0.2) is 0 Å². The average molecular weight is 1380 g/mol. The fraction of sp³-hybridized carbons (Fsp3) is 0. The highest BCUT2D eigenvalue weighted by Gasteiger charge is 2.24. The van der Waals surface area contributed by atoms with Crippen molar-refractivity contribution in [3.05, 3.63) is 364 Å². The number of imidazole rings is 2. The van der Waals surface area contributed by atoms with Crippen LogP contribution in [0.5, 0.6) is 0 Å². The lowest BCUT2D eigenvalue weighted by atomic mass is 9.97. The second-order valence-electron chi connectivity index (χ2n) is 28.1. The van der Waals surface area contributed by atoms with Gasteiger partial charge in [0, 0.05) is 65.2 Å². The first-order valence-corrected chi connectivity index (χ1v) is 36.7. The third-order valence-corrected chi connectivity index (χ3v) is 22.2. The Balaban J connectivity index is 0.000000130. The molecular formula is C98H60N10. The molecule has 0 spiro atoms. The molecule has 0 aliphatic heterocycles. The normalized spacial score (nSPS) is 12.1. The Morgan fingerprint density at radius 1 is 0.176 bits per heavy atom. The number of para-hydroxylation sites is 11. The van der Waals surface area contributed by atoms with Crippen LogP contribution in [0.4, 0.5) is 0 Å². The van der Waals surface area contributed by atoms with Gasteiger partial charge in [-0.05, 0) is 184 Å². The molecule has 24 aromatic rings. The van der Waals surface area contributed by atoms with E-state index < -0.39 is 0 Å². The van der Waals surface area contributed by atoms with Gasteiger partial charge in [-0.2, -0.15) is 0 Å². The lowest BCUT2D eigenvalue weighted by Crippen LogP contribution is -2.06. The highest BCUT2D eigenvalue weighted by molar-refractivity contribution is 6.22. The molecule has 16 aromatic carbocycles. The topological polar surface area (TPSA) is 80.1 Å². The zero-order valence-corrected chi connectivity index (χ0v) is 58.1. The van der Waals surface area contributed by atoms with Crippen LogP contribution >= 0.6 is 0 Å². The van der Waals surface area contributed by atoms with Gasteiger partial charge in [0.05, 0.1) is 77.2 Å². The van der Waals surface area contributed by atoms with Crippen LogP contribution in [0.25, 0.3) is 210 Å². The molecule has 0 atom stereocenters. The molecular weight excluding hydrogens is 1320 g/mol. The van der Waals surface area contributed by atoms with Crippen LogP contribution in [0.3, 0.4) is 0 Å². The standard InChI is InChI=1S/C50H31N5.C48H29N5/c1-2-15-36(16-3-1)53-44-22-9-5-17-37(44)39-27-25-35(31-48(39)53)33-14-12-13-32(29-33)34-26-28-46-41(30-34)38-18-6-10-23-45(38)54(46)50-52-42-20-7-4-19-40(42)49-51-43-21-8-11-24-47(43)55(49)50;1-2-12-34-31(11-1)23-28-45-46(34)37-15-5-9-19-42(37)51(45)33-25-21-30(22-26-33)32-24-27-43-38(29-32)35-13-4-8-18-41(35)52(43)48-50-39-16-6-3-14-36(39)47-49-40-17-7-10-20-44(40)53(47)48/h1-31H;1-29H. The van der Waals surface area contributed by atoms with Gasteiger partial charge in [-0.1, -0.05) is 224 Å². The Bertz CT molecular complexity index is 7880. The van der Waals surface area contributed by atoms with E-state index in [1.165, 1.54) is 109 Å². The molecule has 0 saturated heterocycles. The van der Waals surface area contributed by atoms with Crippen molar-refractivity contribution in [1.29, 1.82) is 0 Å². The predicted octanol–water partition coefficient (Wildman–Crippen LogP) is 24.6. The molecule has 0 saturated carbocycles. The number of hydrogen-bond donors (Lipinski definition) is 0. The summed E-state index contributed by atoms with van der Waals surface area (Å²) >= 11 is 0. The Hall–Kier alpha value is -14.7. The van der Waals surface area contributed by atoms with Crippen molar-refractivity contribution in [2.24, 2.45) is 0 Å². The number of aromatic nitrogens is 10. The second-order valence-corrected chi connectivity index (χ2v) is 28.1. The highest BCUT2D eigenvalue weighted by atomic mass is 15.2. The van der Waals surface area contributed by atoms with Crippen LogP contribution < -0.4 is 0 Å². The Morgan fingerprint density at radius 3 is 1.12 bits per heavy atom. The molecule has 0 amide bonds. The zero-order chi connectivity index (χ0) is 70.7. The predicted molar refractivity (Wildman–Crippen MR) is 447 cm³/mol. The maximum atomic E-state index is 5.34. The van der Waals surface area contributed by atoms with Crippen molar-refractivity contribution < 1.29 is 0 Å². The Kier molecular flexibility index (Phi) is 12.9. The third-order valence-electron chi connectivity index (χ3n) is 22.2. The van der Waals surface area contributed by atoms with Crippen molar-refractivity contribution in [2.75, 3.05) is 0 Å². The number of hydrogen-bond acceptors (Lipinski definition) is 4. The summed E-state index contributed by atoms with van der Waals surface area (Å²) in [5, 5.41) is 14.4. The van der Waals surface area contributed by atoms with Crippen molar-refractivity contribution in [1.82, 2.24) is 47.0 Å². The van der Waals surface area contributed by atoms with E-state index in [0.29, 0.717) is 0 Å². The van der Waals surface area contributed by atoms with E-state index in [-0.39, 0.29) is 0 Å². The minimum absolute atomic E-state index is 0.826. The van der Waals surface area contributed by atoms with Gasteiger partial charge < -0.3 is 9.13 Å². The van der Waals surface area contributed by atoms with E-state index in [1.54, 1.807) is 0 Å². The van der Waals surface area contributed by atoms with E-state index >= 15 is 0 Å². The number of fused-ring (bicyclic) bond motifs is 24. The summed E-state index contributed by atoms with van der Waals surface area (Å²) in [5.74, 6) is 1.65. The molecule has 0 aliphatic rings. The summed E-state index contributed by atoms with van der Waals surface area (Å²) in [6.07, 6.45) is 0. The molecule has 0 fully saturated rings. The van der Waals surface area contributed by atoms with Crippen LogP contribution in [0, 0.1) is 0 Å². The van der Waals surface area contributed by atoms with Crippen LogP contribution in [0.15, 0.2) is 364 Å². The van der Waals surface area contributed by atoms with Gasteiger partial charge >= 0.3 is 0 Å². The Morgan fingerprint density at radius 2 is 0.546 bits per heavy atom. The largest absolute Gasteiger partial charge is 0.309 e. The summed E-state index contributed by atoms with van der Waals surface area (Å²) in [5.41, 5.74) is 26.2. The fourth-order valence-corrected chi connectivity index (χ4v) is 17.4. The molecule has 0 radical (unpaired) electrons. The van der Waals surface area contributed by atoms with Crippen LogP contribution in [0.2, 0.25) is 0 Å². The maximum Gasteiger partial charge on any atom is 0.221 e. The number of benzene rings is 16. The molecule has 8 heterocycles. The maximum absolute atomic E-state index is 5.34. The SMILES string of the molecule is c1ccc(-n2c3ccccc3c3ccc(-c4cccc(-c5ccc6c(c5)c5ccccc5n6-c5nc6ccccc6c6nc7ccccc7n56)c4)cc32)cc1.c1ccc2c(c1)ccc1c2c2ccccc2n1-c1ccc(-c2ccc3c(c2)c2ccccc2n3-c2nc3ccccc3c3nc4ccccc4n23)cc1. The number of rotatable bonds is 7. The summed E-state index contributed by atoms with van der Waals surface area (Å²) in [4.78, 5) is 20.9. The molecule has 0 aliphatic carbocycles. The molecule has 0 bridgehead atoms. The molecule has 10 heteroatoms. The van der Waals surface area contributed by atoms with Crippen molar-refractivity contribution in [3.63, 3.8) is 0 Å². The zero-order valence-electron chi connectivity index (χ0n) is 58.1. The first kappa shape index (κ1) is 59.8. The quantitative estimate of drug-likeness (QED) is 0.159. The van der Waals surface area contributed by atoms with E-state index in [9.17, 15) is 0 Å². The van der Waals surface area contributed by atoms with Crippen molar-refractivity contribution in [2.45, 2.75) is 0 Å². The van der Waals surface area contributed by atoms with E-state index in [2.05, 4.69) is 367 Å². The lowest BCUT2D eigenvalue weighted by molar-refractivity contribution is 0.979. The molecule has 108 heavy (non-hydrogen) atoms. The van der Waals surface area contributed by atoms with Gasteiger partial charge in [0.25, 0.3) is 0 Å². The average Bonchev–Trinajstić information content (AvgIpc) is 1.57. The minimum Gasteiger partial charge on any atom is -0.309 e. The molecule has 10 nitrogen and oxygen atoms in total. The third kappa shape index (κ3) is 8.95. The fourth-order valence-electron chi connectivity index (χ4n) is 17.4. The van der Waals surface area contributed by atoms with Gasteiger partial charge in [-0.15, -0.1) is 0 Å². The first-order valence-electron chi connectivity index (χ1n) is 36.7. The number of nitrogens with zero attached hydrogens (tertiary/aromatic N) is 10. The van der Waals surface area contributed by atoms with E-state index in [4.69, 9.17) is 19.9 Å². The summed E-state index contributed by atoms with van der Waals surface area (Å²) in [6.45, 7) is 0. The molecule has 0 unspecified atom stereocenters. The summed E-state index contributed by atoms with van der Waals surface area (Å²) in [7, 11) is 0. The van der Waals surface area contributed by atoms with E-state index in [1.807, 2.05) is 24.3 Å². The smallest absolute Gasteiger partial charge is 0.221 e. The van der Waals surface area contributed by atoms with Gasteiger partial charge in [0.2, 0.25) is 11.9 Å². The van der Waals surface area contributed by atoms with Gasteiger partial charge in [0.1, 0.15) is 11.3 Å². The highest BCUT2D eigenvalue weighted by Crippen LogP contribution is 2.43. The first-order chi connectivity index (χ1) is 53.6. The van der Waals surface area contributed by atoms with Crippen LogP contribution in [-0.2, 0) is 0 Å². The minimum atomic E-state index is 0.826. The van der Waals surface area contributed by atoms with Gasteiger partial charge in [-0.3, -0.25) is 17.9 Å². The second kappa shape index (κ2) is 23.4. The molecule has 502 valence electrons. The monoisotopic (exact) mass is 1380 g/mol. The molecule has 8 aromatic heterocycles. The molecule has 24 rings (SSSR count). The van der Waals surface area contributed by atoms with E-state index in [0.717, 1.165) is 101 Å². The van der Waals surface area contributed by atoms with Crippen LogP contribution in [-0.4, -0.2) is 47.0 Å². The lowest BCUT2D eigenvalue weighted by Gasteiger charge is -2.13.